The van der Waals surface area contributed by atoms with Gasteiger partial charge in [-0.05, 0) is 41.0 Å². The van der Waals surface area contributed by atoms with E-state index in [2.05, 4.69) is 53.9 Å². The van der Waals surface area contributed by atoms with E-state index in [1.807, 2.05) is 66.7 Å². The quantitative estimate of drug-likeness (QED) is 0.251. The zero-order chi connectivity index (χ0) is 23.9. The lowest BCUT2D eigenvalue weighted by atomic mass is 10.0. The molecule has 0 radical (unpaired) electrons. The monoisotopic (exact) mass is 463 g/mol. The summed E-state index contributed by atoms with van der Waals surface area (Å²) in [6.07, 6.45) is 1.93. The molecule has 1 aliphatic rings. The molecule has 176 valence electrons. The van der Waals surface area contributed by atoms with Gasteiger partial charge >= 0.3 is 0 Å². The van der Waals surface area contributed by atoms with Crippen LogP contribution in [0.15, 0.2) is 116 Å². The second-order valence-corrected chi connectivity index (χ2v) is 8.51. The van der Waals surface area contributed by atoms with Crippen LogP contribution in [-0.4, -0.2) is 13.2 Å². The summed E-state index contributed by atoms with van der Waals surface area (Å²) in [5.41, 5.74) is 4.50. The molecule has 4 aromatic rings. The standard InChI is InChI=1S/C31H29NO3/c1-2-19-32-29-18-17-28(34-22-25-11-7-4-8-12-25)20-31(29)35-23-30(32)26-13-15-27(16-14-26)33-21-24-9-5-3-6-10-24/h2-18,20,30H,1,19,21-23H2/t30-/m0/s1. The Balaban J connectivity index is 1.28. The van der Waals surface area contributed by atoms with Gasteiger partial charge in [0.05, 0.1) is 11.7 Å². The van der Waals surface area contributed by atoms with Crippen molar-refractivity contribution < 1.29 is 14.2 Å². The number of rotatable bonds is 9. The van der Waals surface area contributed by atoms with Crippen molar-refractivity contribution in [1.82, 2.24) is 0 Å². The maximum atomic E-state index is 6.21. The fourth-order valence-corrected chi connectivity index (χ4v) is 4.27. The van der Waals surface area contributed by atoms with E-state index in [1.54, 1.807) is 0 Å². The van der Waals surface area contributed by atoms with Gasteiger partial charge in [-0.1, -0.05) is 78.9 Å². The lowest BCUT2D eigenvalue weighted by Crippen LogP contribution is -2.36. The third-order valence-electron chi connectivity index (χ3n) is 6.10. The predicted molar refractivity (Wildman–Crippen MR) is 140 cm³/mol. The Bertz CT molecular complexity index is 1240. The van der Waals surface area contributed by atoms with Gasteiger partial charge in [0.25, 0.3) is 0 Å². The maximum absolute atomic E-state index is 6.21. The molecule has 4 nitrogen and oxygen atoms in total. The van der Waals surface area contributed by atoms with Crippen molar-refractivity contribution >= 4 is 5.69 Å². The summed E-state index contributed by atoms with van der Waals surface area (Å²) in [4.78, 5) is 2.33. The van der Waals surface area contributed by atoms with E-state index in [-0.39, 0.29) is 6.04 Å². The average Bonchev–Trinajstić information content (AvgIpc) is 2.92. The summed E-state index contributed by atoms with van der Waals surface area (Å²) in [6.45, 7) is 6.32. The van der Waals surface area contributed by atoms with Crippen LogP contribution < -0.4 is 19.1 Å². The molecule has 35 heavy (non-hydrogen) atoms. The van der Waals surface area contributed by atoms with Crippen molar-refractivity contribution in [2.45, 2.75) is 19.3 Å². The van der Waals surface area contributed by atoms with Crippen LogP contribution >= 0.6 is 0 Å². The lowest BCUT2D eigenvalue weighted by molar-refractivity contribution is 0.260. The van der Waals surface area contributed by atoms with Crippen molar-refractivity contribution in [3.63, 3.8) is 0 Å². The zero-order valence-electron chi connectivity index (χ0n) is 19.7. The molecule has 0 aliphatic carbocycles. The molecular formula is C31H29NO3. The maximum Gasteiger partial charge on any atom is 0.146 e. The number of hydrogen-bond donors (Lipinski definition) is 0. The Labute approximate surface area is 207 Å². The largest absolute Gasteiger partial charge is 0.489 e. The molecule has 0 unspecified atom stereocenters. The van der Waals surface area contributed by atoms with Crippen LogP contribution in [0.4, 0.5) is 5.69 Å². The number of ether oxygens (including phenoxy) is 3. The van der Waals surface area contributed by atoms with Crippen molar-refractivity contribution in [2.24, 2.45) is 0 Å². The van der Waals surface area contributed by atoms with Crippen LogP contribution in [0.25, 0.3) is 0 Å². The number of hydrogen-bond acceptors (Lipinski definition) is 4. The fraction of sp³-hybridized carbons (Fsp3) is 0.161. The van der Waals surface area contributed by atoms with Crippen LogP contribution in [0.2, 0.25) is 0 Å². The van der Waals surface area contributed by atoms with Gasteiger partial charge in [0, 0.05) is 12.6 Å². The normalized spacial score (nSPS) is 14.5. The predicted octanol–water partition coefficient (Wildman–Crippen LogP) is 6.97. The van der Waals surface area contributed by atoms with Gasteiger partial charge in [-0.15, -0.1) is 6.58 Å². The third-order valence-corrected chi connectivity index (χ3v) is 6.10. The molecule has 1 heterocycles. The van der Waals surface area contributed by atoms with E-state index >= 15 is 0 Å². The molecule has 4 aromatic carbocycles. The highest BCUT2D eigenvalue weighted by Crippen LogP contribution is 2.41. The van der Waals surface area contributed by atoms with Crippen LogP contribution in [0, 0.1) is 0 Å². The Morgan fingerprint density at radius 3 is 2.00 bits per heavy atom. The Hall–Kier alpha value is -4.18. The van der Waals surface area contributed by atoms with Crippen LogP contribution in [-0.2, 0) is 13.2 Å². The van der Waals surface area contributed by atoms with Crippen LogP contribution in [0.1, 0.15) is 22.7 Å². The third kappa shape index (κ3) is 5.49. The van der Waals surface area contributed by atoms with Gasteiger partial charge in [0.1, 0.15) is 37.1 Å². The van der Waals surface area contributed by atoms with Crippen molar-refractivity contribution in [2.75, 3.05) is 18.1 Å². The first kappa shape index (κ1) is 22.6. The summed E-state index contributed by atoms with van der Waals surface area (Å²) < 4.78 is 18.2. The molecule has 0 fully saturated rings. The van der Waals surface area contributed by atoms with Gasteiger partial charge in [0.15, 0.2) is 0 Å². The van der Waals surface area contributed by atoms with Gasteiger partial charge in [0.2, 0.25) is 0 Å². The number of fused-ring (bicyclic) bond motifs is 1. The minimum absolute atomic E-state index is 0.0831. The summed E-state index contributed by atoms with van der Waals surface area (Å²) in [7, 11) is 0. The Morgan fingerprint density at radius 1 is 0.771 bits per heavy atom. The number of anilines is 1. The molecule has 4 heteroatoms. The van der Waals surface area contributed by atoms with E-state index < -0.39 is 0 Å². The highest BCUT2D eigenvalue weighted by Gasteiger charge is 2.28. The van der Waals surface area contributed by atoms with E-state index in [0.717, 1.165) is 40.6 Å². The Morgan fingerprint density at radius 2 is 1.37 bits per heavy atom. The molecule has 0 aromatic heterocycles. The summed E-state index contributed by atoms with van der Waals surface area (Å²) >= 11 is 0. The highest BCUT2D eigenvalue weighted by molar-refractivity contribution is 5.64. The highest BCUT2D eigenvalue weighted by atomic mass is 16.5. The fourth-order valence-electron chi connectivity index (χ4n) is 4.27. The van der Waals surface area contributed by atoms with Crippen molar-refractivity contribution in [1.29, 1.82) is 0 Å². The van der Waals surface area contributed by atoms with Gasteiger partial charge in [-0.3, -0.25) is 0 Å². The first-order valence-electron chi connectivity index (χ1n) is 11.9. The van der Waals surface area contributed by atoms with Gasteiger partial charge < -0.3 is 19.1 Å². The number of benzene rings is 4. The SMILES string of the molecule is C=CCN1c2ccc(OCc3ccccc3)cc2OC[C@H]1c1ccc(OCc2ccccc2)cc1. The molecule has 1 aliphatic heterocycles. The van der Waals surface area contributed by atoms with Crippen molar-refractivity contribution in [3.8, 4) is 17.2 Å². The molecule has 0 amide bonds. The van der Waals surface area contributed by atoms with E-state index in [4.69, 9.17) is 14.2 Å². The van der Waals surface area contributed by atoms with E-state index in [1.165, 1.54) is 5.56 Å². The minimum atomic E-state index is 0.0831. The molecule has 0 spiro atoms. The minimum Gasteiger partial charge on any atom is -0.489 e. The van der Waals surface area contributed by atoms with Crippen molar-refractivity contribution in [3.05, 3.63) is 132 Å². The second-order valence-electron chi connectivity index (χ2n) is 8.51. The average molecular weight is 464 g/mol. The molecule has 5 rings (SSSR count). The first-order valence-corrected chi connectivity index (χ1v) is 11.9. The summed E-state index contributed by atoms with van der Waals surface area (Å²) in [5.74, 6) is 2.48. The second kappa shape index (κ2) is 10.8. The molecule has 1 atom stereocenters. The summed E-state index contributed by atoms with van der Waals surface area (Å²) in [6, 6.07) is 34.8. The smallest absolute Gasteiger partial charge is 0.146 e. The van der Waals surface area contributed by atoms with E-state index in [9.17, 15) is 0 Å². The van der Waals surface area contributed by atoms with Crippen LogP contribution in [0.5, 0.6) is 17.2 Å². The molecule has 0 N–H and O–H groups in total. The molecular weight excluding hydrogens is 434 g/mol. The lowest BCUT2D eigenvalue weighted by Gasteiger charge is -2.38. The van der Waals surface area contributed by atoms with Gasteiger partial charge in [-0.2, -0.15) is 0 Å². The number of nitrogens with zero attached hydrogens (tertiary/aromatic N) is 1. The topological polar surface area (TPSA) is 30.9 Å². The first-order chi connectivity index (χ1) is 17.3. The molecule has 0 saturated carbocycles. The molecule has 0 saturated heterocycles. The molecule has 0 bridgehead atoms. The van der Waals surface area contributed by atoms with Gasteiger partial charge in [-0.25, -0.2) is 0 Å². The van der Waals surface area contributed by atoms with Crippen LogP contribution in [0.3, 0.4) is 0 Å². The zero-order valence-corrected chi connectivity index (χ0v) is 19.7. The van der Waals surface area contributed by atoms with E-state index in [0.29, 0.717) is 19.8 Å². The Kier molecular flexibility index (Phi) is 7.00. The summed E-state index contributed by atoms with van der Waals surface area (Å²) in [5, 5.41) is 0.